The van der Waals surface area contributed by atoms with Crippen LogP contribution in [0.15, 0.2) is 71.8 Å². The Labute approximate surface area is 191 Å². The standard InChI is InChI=1S/C24H17F2N5O3/c1-34-13-19-21(14-2-6-16(25)7-3-14)22-27-12-18-20(31(22)28-19)10-11-30(24(18)33)29-23(32)15-4-8-17(26)9-5-15/h2-12H,13H2,1H3,(H,29,32). The van der Waals surface area contributed by atoms with Crippen LogP contribution in [0.4, 0.5) is 8.78 Å². The van der Waals surface area contributed by atoms with E-state index in [9.17, 15) is 18.4 Å². The largest absolute Gasteiger partial charge is 0.378 e. The molecule has 5 rings (SSSR count). The number of carbonyl (C=O) groups excluding carboxylic acids is 1. The van der Waals surface area contributed by atoms with Gasteiger partial charge in [-0.3, -0.25) is 15.0 Å². The molecule has 0 bridgehead atoms. The second kappa shape index (κ2) is 8.49. The number of hydrogen-bond donors (Lipinski definition) is 1. The molecule has 0 aliphatic carbocycles. The number of halogens is 2. The fourth-order valence-electron chi connectivity index (χ4n) is 3.73. The number of methoxy groups -OCH3 is 1. The molecule has 5 aromatic rings. The maximum Gasteiger partial charge on any atom is 0.280 e. The van der Waals surface area contributed by atoms with Gasteiger partial charge in [0, 0.05) is 25.1 Å². The summed E-state index contributed by atoms with van der Waals surface area (Å²) in [5.41, 5.74) is 5.04. The third-order valence-electron chi connectivity index (χ3n) is 5.33. The topological polar surface area (TPSA) is 90.5 Å². The van der Waals surface area contributed by atoms with E-state index in [1.807, 2.05) is 0 Å². The molecule has 0 saturated carbocycles. The van der Waals surface area contributed by atoms with E-state index in [1.165, 1.54) is 48.3 Å². The van der Waals surface area contributed by atoms with Gasteiger partial charge >= 0.3 is 0 Å². The lowest BCUT2D eigenvalue weighted by atomic mass is 10.1. The molecule has 34 heavy (non-hydrogen) atoms. The molecule has 1 amide bonds. The molecule has 0 atom stereocenters. The van der Waals surface area contributed by atoms with Gasteiger partial charge in [-0.2, -0.15) is 5.10 Å². The van der Waals surface area contributed by atoms with Gasteiger partial charge in [0.1, 0.15) is 11.6 Å². The number of nitrogens with zero attached hydrogens (tertiary/aromatic N) is 4. The Hall–Kier alpha value is -4.44. The summed E-state index contributed by atoms with van der Waals surface area (Å²) in [6, 6.07) is 12.5. The molecule has 8 nitrogen and oxygen atoms in total. The Kier molecular flexibility index (Phi) is 5.34. The monoisotopic (exact) mass is 461 g/mol. The number of nitrogens with one attached hydrogen (secondary N) is 1. The first-order valence-electron chi connectivity index (χ1n) is 10.2. The van der Waals surface area contributed by atoms with Crippen molar-refractivity contribution in [2.75, 3.05) is 12.5 Å². The predicted octanol–water partition coefficient (Wildman–Crippen LogP) is 3.52. The third kappa shape index (κ3) is 3.69. The second-order valence-corrected chi connectivity index (χ2v) is 7.49. The summed E-state index contributed by atoms with van der Waals surface area (Å²) in [5, 5.41) is 4.80. The number of benzene rings is 2. The molecule has 0 unspecified atom stereocenters. The fraction of sp³-hybridized carbons (Fsp3) is 0.0833. The van der Waals surface area contributed by atoms with E-state index in [2.05, 4.69) is 15.5 Å². The van der Waals surface area contributed by atoms with Crippen LogP contribution in [0.25, 0.3) is 27.7 Å². The van der Waals surface area contributed by atoms with Crippen LogP contribution in [0.3, 0.4) is 0 Å². The average molecular weight is 461 g/mol. The van der Waals surface area contributed by atoms with Crippen LogP contribution < -0.4 is 11.0 Å². The van der Waals surface area contributed by atoms with Crippen molar-refractivity contribution in [1.29, 1.82) is 0 Å². The second-order valence-electron chi connectivity index (χ2n) is 7.49. The zero-order valence-corrected chi connectivity index (χ0v) is 17.8. The summed E-state index contributed by atoms with van der Waals surface area (Å²) < 4.78 is 34.4. The van der Waals surface area contributed by atoms with E-state index in [4.69, 9.17) is 4.74 Å². The number of ether oxygens (including phenoxy) is 1. The van der Waals surface area contributed by atoms with Crippen molar-refractivity contribution in [3.63, 3.8) is 0 Å². The minimum absolute atomic E-state index is 0.183. The lowest BCUT2D eigenvalue weighted by Crippen LogP contribution is -2.33. The van der Waals surface area contributed by atoms with Crippen LogP contribution >= 0.6 is 0 Å². The first kappa shape index (κ1) is 21.4. The summed E-state index contributed by atoms with van der Waals surface area (Å²) in [5.74, 6) is -1.41. The molecule has 1 N–H and O–H groups in total. The third-order valence-corrected chi connectivity index (χ3v) is 5.33. The van der Waals surface area contributed by atoms with E-state index in [0.717, 1.165) is 16.8 Å². The average Bonchev–Trinajstić information content (AvgIpc) is 3.20. The summed E-state index contributed by atoms with van der Waals surface area (Å²) in [7, 11) is 1.53. The Morgan fingerprint density at radius 1 is 1.03 bits per heavy atom. The van der Waals surface area contributed by atoms with Gasteiger partial charge in [-0.1, -0.05) is 12.1 Å². The number of amides is 1. The van der Waals surface area contributed by atoms with Crippen LogP contribution in [0.5, 0.6) is 0 Å². The lowest BCUT2D eigenvalue weighted by molar-refractivity contribution is 0.101. The number of pyridine rings is 1. The van der Waals surface area contributed by atoms with Gasteiger partial charge in [0.15, 0.2) is 5.65 Å². The summed E-state index contributed by atoms with van der Waals surface area (Å²) in [6.45, 7) is 0.183. The zero-order valence-electron chi connectivity index (χ0n) is 17.8. The molecule has 0 spiro atoms. The highest BCUT2D eigenvalue weighted by molar-refractivity contribution is 6.00. The van der Waals surface area contributed by atoms with Gasteiger partial charge in [-0.05, 0) is 48.0 Å². The molecule has 0 saturated heterocycles. The normalized spacial score (nSPS) is 11.3. The maximum absolute atomic E-state index is 13.5. The van der Waals surface area contributed by atoms with Gasteiger partial charge in [0.2, 0.25) is 0 Å². The van der Waals surface area contributed by atoms with Crippen molar-refractivity contribution < 1.29 is 18.3 Å². The minimum atomic E-state index is -0.574. The number of hydrogen-bond acceptors (Lipinski definition) is 5. The van der Waals surface area contributed by atoms with Crippen LogP contribution in [0.1, 0.15) is 16.1 Å². The van der Waals surface area contributed by atoms with Crippen LogP contribution in [-0.2, 0) is 11.3 Å². The molecule has 10 heteroatoms. The smallest absolute Gasteiger partial charge is 0.280 e. The van der Waals surface area contributed by atoms with Crippen molar-refractivity contribution in [1.82, 2.24) is 19.3 Å². The molecule has 3 heterocycles. The molecule has 0 fully saturated rings. The van der Waals surface area contributed by atoms with E-state index < -0.39 is 17.3 Å². The Bertz CT molecular complexity index is 1590. The van der Waals surface area contributed by atoms with Crippen LogP contribution in [0.2, 0.25) is 0 Å². The SMILES string of the molecule is COCc1nn2c(ncc3c(=O)n(NC(=O)c4ccc(F)cc4)ccc32)c1-c1ccc(F)cc1. The van der Waals surface area contributed by atoms with E-state index >= 15 is 0 Å². The summed E-state index contributed by atoms with van der Waals surface area (Å²) in [4.78, 5) is 30.0. The molecule has 3 aromatic heterocycles. The van der Waals surface area contributed by atoms with Crippen molar-refractivity contribution >= 4 is 22.5 Å². The number of aromatic nitrogens is 4. The quantitative estimate of drug-likeness (QED) is 0.433. The molecule has 2 aromatic carbocycles. The van der Waals surface area contributed by atoms with Gasteiger partial charge < -0.3 is 4.74 Å². The predicted molar refractivity (Wildman–Crippen MR) is 121 cm³/mol. The van der Waals surface area contributed by atoms with E-state index in [0.29, 0.717) is 28.0 Å². The molecular formula is C24H17F2N5O3. The highest BCUT2D eigenvalue weighted by Gasteiger charge is 2.19. The van der Waals surface area contributed by atoms with Crippen molar-refractivity contribution in [2.24, 2.45) is 0 Å². The fourth-order valence-corrected chi connectivity index (χ4v) is 3.73. The number of fused-ring (bicyclic) bond motifs is 3. The van der Waals surface area contributed by atoms with Crippen molar-refractivity contribution in [3.05, 3.63) is 100 Å². The van der Waals surface area contributed by atoms with E-state index in [-0.39, 0.29) is 23.4 Å². The molecule has 170 valence electrons. The molecular weight excluding hydrogens is 444 g/mol. The summed E-state index contributed by atoms with van der Waals surface area (Å²) in [6.07, 6.45) is 2.81. The van der Waals surface area contributed by atoms with Gasteiger partial charge in [0.25, 0.3) is 11.5 Å². The minimum Gasteiger partial charge on any atom is -0.378 e. The Morgan fingerprint density at radius 3 is 2.38 bits per heavy atom. The van der Waals surface area contributed by atoms with Crippen molar-refractivity contribution in [2.45, 2.75) is 6.61 Å². The number of carbonyl (C=O) groups is 1. The highest BCUT2D eigenvalue weighted by Crippen LogP contribution is 2.29. The maximum atomic E-state index is 13.5. The van der Waals surface area contributed by atoms with Crippen LogP contribution in [0, 0.1) is 11.6 Å². The zero-order chi connectivity index (χ0) is 23.8. The van der Waals surface area contributed by atoms with Crippen molar-refractivity contribution in [3.8, 4) is 11.1 Å². The van der Waals surface area contributed by atoms with Gasteiger partial charge in [-0.15, -0.1) is 0 Å². The van der Waals surface area contributed by atoms with Crippen LogP contribution in [-0.4, -0.2) is 32.3 Å². The van der Waals surface area contributed by atoms with Gasteiger partial charge in [0.05, 0.1) is 28.8 Å². The first-order chi connectivity index (χ1) is 16.5. The van der Waals surface area contributed by atoms with E-state index in [1.54, 1.807) is 18.2 Å². The number of rotatable bonds is 5. The molecule has 0 aliphatic rings. The Balaban J connectivity index is 1.61. The molecule has 0 radical (unpaired) electrons. The molecule has 0 aliphatic heterocycles. The highest BCUT2D eigenvalue weighted by atomic mass is 19.1. The first-order valence-corrected chi connectivity index (χ1v) is 10.2. The Morgan fingerprint density at radius 2 is 1.71 bits per heavy atom. The van der Waals surface area contributed by atoms with Gasteiger partial charge in [-0.25, -0.2) is 23.0 Å². The lowest BCUT2D eigenvalue weighted by Gasteiger charge is -2.10. The summed E-state index contributed by atoms with van der Waals surface area (Å²) >= 11 is 0.